The third kappa shape index (κ3) is 5.51. The van der Waals surface area contributed by atoms with E-state index in [9.17, 15) is 9.59 Å². The Morgan fingerprint density at radius 3 is 2.32 bits per heavy atom. The molecule has 8 nitrogen and oxygen atoms in total. The molecule has 0 amide bonds. The summed E-state index contributed by atoms with van der Waals surface area (Å²) in [5.74, 6) is -0.309. The Kier molecular flexibility index (Phi) is 6.25. The van der Waals surface area contributed by atoms with Gasteiger partial charge in [-0.1, -0.05) is 47.6 Å². The van der Waals surface area contributed by atoms with E-state index in [0.29, 0.717) is 5.56 Å². The molecule has 1 saturated heterocycles. The van der Waals surface area contributed by atoms with Crippen molar-refractivity contribution in [2.75, 3.05) is 18.9 Å². The molecule has 168 valence electrons. The molecule has 1 aromatic carbocycles. The first-order valence-corrected chi connectivity index (χ1v) is 10.3. The zero-order valence-corrected chi connectivity index (χ0v) is 19.0. The van der Waals surface area contributed by atoms with Crippen molar-refractivity contribution in [3.63, 3.8) is 0 Å². The van der Waals surface area contributed by atoms with Gasteiger partial charge in [0.2, 0.25) is 0 Å². The average molecular weight is 430 g/mol. The Morgan fingerprint density at radius 2 is 1.77 bits per heavy atom. The number of aromatic nitrogens is 2. The van der Waals surface area contributed by atoms with E-state index in [0.717, 1.165) is 11.1 Å². The molecule has 1 fully saturated rings. The molecule has 8 heteroatoms. The maximum Gasteiger partial charge on any atom is 0.351 e. The summed E-state index contributed by atoms with van der Waals surface area (Å²) >= 11 is 0. The third-order valence-corrected chi connectivity index (χ3v) is 5.15. The number of anilines is 1. The van der Waals surface area contributed by atoms with Gasteiger partial charge in [0, 0.05) is 6.20 Å². The number of esters is 1. The van der Waals surface area contributed by atoms with Gasteiger partial charge in [-0.15, -0.1) is 0 Å². The Balaban J connectivity index is 1.69. The molecule has 2 heterocycles. The highest BCUT2D eigenvalue weighted by Gasteiger charge is 2.30. The third-order valence-electron chi connectivity index (χ3n) is 5.15. The molecular formula is C23H31N3O5. The number of benzene rings is 1. The first-order chi connectivity index (χ1) is 14.3. The van der Waals surface area contributed by atoms with E-state index in [1.165, 1.54) is 16.8 Å². The molecule has 0 bridgehead atoms. The number of carbonyl (C=O) groups is 1. The fraction of sp³-hybridized carbons (Fsp3) is 0.522. The highest BCUT2D eigenvalue weighted by molar-refractivity contribution is 5.90. The zero-order chi connectivity index (χ0) is 23.0. The standard InChI is InChI=1S/C23H31N3O5/c1-22(2,3)15-9-14(10-16(11-15)23(4,5)6)20(27)30-13-19-29-12-18(31-19)26-8-7-17(24)25-21(26)28/h7-11,18-19H,12-13H2,1-6H3,(H2,24,25,28). The Bertz CT molecular complexity index is 985. The largest absolute Gasteiger partial charge is 0.457 e. The van der Waals surface area contributed by atoms with Crippen molar-refractivity contribution < 1.29 is 19.0 Å². The fourth-order valence-electron chi connectivity index (χ4n) is 3.16. The van der Waals surface area contributed by atoms with Crippen molar-refractivity contribution in [3.8, 4) is 0 Å². The van der Waals surface area contributed by atoms with Crippen molar-refractivity contribution >= 4 is 11.8 Å². The normalized spacial score (nSPS) is 19.4. The van der Waals surface area contributed by atoms with E-state index in [-0.39, 0.29) is 29.9 Å². The van der Waals surface area contributed by atoms with Crippen LogP contribution in [0.2, 0.25) is 0 Å². The molecule has 3 rings (SSSR count). The van der Waals surface area contributed by atoms with Gasteiger partial charge >= 0.3 is 11.7 Å². The summed E-state index contributed by atoms with van der Waals surface area (Å²) in [6.45, 7) is 12.7. The van der Waals surface area contributed by atoms with Gasteiger partial charge in [0.25, 0.3) is 0 Å². The lowest BCUT2D eigenvalue weighted by atomic mass is 9.79. The van der Waals surface area contributed by atoms with Gasteiger partial charge in [0.1, 0.15) is 12.4 Å². The summed E-state index contributed by atoms with van der Waals surface area (Å²) in [5.41, 5.74) is 7.39. The van der Waals surface area contributed by atoms with Crippen LogP contribution < -0.4 is 11.4 Å². The lowest BCUT2D eigenvalue weighted by Gasteiger charge is -2.26. The number of hydrogen-bond donors (Lipinski definition) is 1. The van der Waals surface area contributed by atoms with Gasteiger partial charge in [0.05, 0.1) is 12.2 Å². The second kappa shape index (κ2) is 8.43. The molecule has 2 atom stereocenters. The topological polar surface area (TPSA) is 106 Å². The van der Waals surface area contributed by atoms with E-state index in [2.05, 4.69) is 52.6 Å². The van der Waals surface area contributed by atoms with Crippen LogP contribution in [0.1, 0.15) is 69.3 Å². The highest BCUT2D eigenvalue weighted by Crippen LogP contribution is 2.30. The highest BCUT2D eigenvalue weighted by atomic mass is 16.7. The predicted octanol–water partition coefficient (Wildman–Crippen LogP) is 3.15. The smallest absolute Gasteiger partial charge is 0.351 e. The van der Waals surface area contributed by atoms with E-state index in [1.54, 1.807) is 0 Å². The Morgan fingerprint density at radius 1 is 1.16 bits per heavy atom. The molecular weight excluding hydrogens is 398 g/mol. The number of carbonyl (C=O) groups excluding carboxylic acids is 1. The molecule has 1 aliphatic heterocycles. The molecule has 2 unspecified atom stereocenters. The molecule has 1 aliphatic rings. The van der Waals surface area contributed by atoms with Crippen LogP contribution in [-0.2, 0) is 25.0 Å². The number of nitrogen functional groups attached to an aromatic ring is 1. The van der Waals surface area contributed by atoms with Crippen molar-refractivity contribution in [1.29, 1.82) is 0 Å². The van der Waals surface area contributed by atoms with Gasteiger partial charge < -0.3 is 19.9 Å². The monoisotopic (exact) mass is 429 g/mol. The van der Waals surface area contributed by atoms with Crippen molar-refractivity contribution in [2.45, 2.75) is 64.9 Å². The molecule has 2 aromatic rings. The van der Waals surface area contributed by atoms with Crippen LogP contribution in [-0.4, -0.2) is 35.0 Å². The van der Waals surface area contributed by atoms with Gasteiger partial charge in [-0.25, -0.2) is 9.59 Å². The van der Waals surface area contributed by atoms with Crippen molar-refractivity contribution in [3.05, 3.63) is 57.6 Å². The number of nitrogens with two attached hydrogens (primary N) is 1. The van der Waals surface area contributed by atoms with Crippen LogP contribution in [0.25, 0.3) is 0 Å². The van der Waals surface area contributed by atoms with E-state index < -0.39 is 24.2 Å². The van der Waals surface area contributed by atoms with Crippen molar-refractivity contribution in [2.24, 2.45) is 0 Å². The van der Waals surface area contributed by atoms with Gasteiger partial charge in [-0.05, 0) is 40.2 Å². The number of rotatable bonds is 4. The SMILES string of the molecule is CC(C)(C)c1cc(C(=O)OCC2OCC(n3ccc(N)nc3=O)O2)cc(C(C)(C)C)c1. The first-order valence-electron chi connectivity index (χ1n) is 10.3. The molecule has 0 aliphatic carbocycles. The molecule has 1 aromatic heterocycles. The van der Waals surface area contributed by atoms with E-state index in [4.69, 9.17) is 19.9 Å². The molecule has 0 spiro atoms. The number of nitrogens with zero attached hydrogens (tertiary/aromatic N) is 2. The summed E-state index contributed by atoms with van der Waals surface area (Å²) in [6.07, 6.45) is 0.0753. The van der Waals surface area contributed by atoms with Gasteiger partial charge in [-0.2, -0.15) is 4.98 Å². The first kappa shape index (κ1) is 23.0. The van der Waals surface area contributed by atoms with Crippen LogP contribution >= 0.6 is 0 Å². The van der Waals surface area contributed by atoms with Crippen LogP contribution in [0.3, 0.4) is 0 Å². The molecule has 0 radical (unpaired) electrons. The summed E-state index contributed by atoms with van der Waals surface area (Å²) in [6, 6.07) is 7.39. The second-order valence-electron chi connectivity index (χ2n) is 9.79. The molecule has 0 saturated carbocycles. The molecule has 2 N–H and O–H groups in total. The average Bonchev–Trinajstić information content (AvgIpc) is 3.13. The van der Waals surface area contributed by atoms with Gasteiger partial charge in [-0.3, -0.25) is 4.57 Å². The maximum absolute atomic E-state index is 12.8. The van der Waals surface area contributed by atoms with E-state index >= 15 is 0 Å². The minimum atomic E-state index is -0.772. The van der Waals surface area contributed by atoms with Crippen LogP contribution in [0.5, 0.6) is 0 Å². The fourth-order valence-corrected chi connectivity index (χ4v) is 3.16. The van der Waals surface area contributed by atoms with Crippen molar-refractivity contribution in [1.82, 2.24) is 9.55 Å². The summed E-state index contributed by atoms with van der Waals surface area (Å²) in [5, 5.41) is 0. The maximum atomic E-state index is 12.8. The lowest BCUT2D eigenvalue weighted by molar-refractivity contribution is -0.103. The Labute approximate surface area is 182 Å². The summed E-state index contributed by atoms with van der Waals surface area (Å²) in [4.78, 5) is 28.4. The quantitative estimate of drug-likeness (QED) is 0.744. The van der Waals surface area contributed by atoms with Crippen LogP contribution in [0, 0.1) is 0 Å². The van der Waals surface area contributed by atoms with Crippen LogP contribution in [0.4, 0.5) is 5.82 Å². The summed E-state index contributed by atoms with van der Waals surface area (Å²) < 4.78 is 18.0. The minimum absolute atomic E-state index is 0.0862. The predicted molar refractivity (Wildman–Crippen MR) is 117 cm³/mol. The van der Waals surface area contributed by atoms with Gasteiger partial charge in [0.15, 0.2) is 12.5 Å². The van der Waals surface area contributed by atoms with Crippen LogP contribution in [0.15, 0.2) is 35.3 Å². The lowest BCUT2D eigenvalue weighted by Crippen LogP contribution is -2.29. The minimum Gasteiger partial charge on any atom is -0.457 e. The Hall–Kier alpha value is -2.71. The number of hydrogen-bond acceptors (Lipinski definition) is 7. The number of ether oxygens (including phenoxy) is 3. The second-order valence-corrected chi connectivity index (χ2v) is 9.79. The molecule has 31 heavy (non-hydrogen) atoms. The van der Waals surface area contributed by atoms with E-state index in [1.807, 2.05) is 12.1 Å². The summed E-state index contributed by atoms with van der Waals surface area (Å²) in [7, 11) is 0. The zero-order valence-electron chi connectivity index (χ0n) is 19.0.